The lowest BCUT2D eigenvalue weighted by molar-refractivity contribution is -0.137. The van der Waals surface area contributed by atoms with E-state index < -0.39 is 23.6 Å². The van der Waals surface area contributed by atoms with Gasteiger partial charge in [-0.1, -0.05) is 25.5 Å². The summed E-state index contributed by atoms with van der Waals surface area (Å²) in [4.78, 5) is 29.1. The number of aromatic nitrogens is 2. The Bertz CT molecular complexity index is 1040. The van der Waals surface area contributed by atoms with E-state index in [1.807, 2.05) is 24.3 Å². The zero-order chi connectivity index (χ0) is 21.7. The van der Waals surface area contributed by atoms with E-state index >= 15 is 0 Å². The Morgan fingerprint density at radius 3 is 2.40 bits per heavy atom. The van der Waals surface area contributed by atoms with Crippen molar-refractivity contribution in [3.05, 3.63) is 65.5 Å². The fourth-order valence-corrected chi connectivity index (χ4v) is 3.02. The van der Waals surface area contributed by atoms with Gasteiger partial charge >= 0.3 is 6.18 Å². The standard InChI is InChI=1S/C21H21F3N4O2/c1-2-3-8-18-25-16-6-4-5-7-17(16)28(18)13-19(29)26-27-20(30)14-9-11-15(12-10-14)21(22,23)24/h4-7,9-12H,2-3,8,13H2,1H3,(H,26,29)(H,27,30). The van der Waals surface area contributed by atoms with Gasteiger partial charge in [-0.3, -0.25) is 20.4 Å². The number of aryl methyl sites for hydroxylation is 1. The fourth-order valence-electron chi connectivity index (χ4n) is 3.02. The minimum absolute atomic E-state index is 0.0000143. The molecule has 0 radical (unpaired) electrons. The zero-order valence-corrected chi connectivity index (χ0v) is 16.3. The number of rotatable bonds is 6. The minimum Gasteiger partial charge on any atom is -0.318 e. The van der Waals surface area contributed by atoms with Gasteiger partial charge in [-0.05, 0) is 42.8 Å². The van der Waals surface area contributed by atoms with E-state index in [9.17, 15) is 22.8 Å². The number of carbonyl (C=O) groups is 2. The van der Waals surface area contributed by atoms with Crippen LogP contribution in [0.25, 0.3) is 11.0 Å². The van der Waals surface area contributed by atoms with E-state index in [-0.39, 0.29) is 12.1 Å². The molecule has 1 aromatic heterocycles. The van der Waals surface area contributed by atoms with Crippen LogP contribution >= 0.6 is 0 Å². The van der Waals surface area contributed by atoms with Crippen LogP contribution in [0.5, 0.6) is 0 Å². The third kappa shape index (κ3) is 4.97. The highest BCUT2D eigenvalue weighted by atomic mass is 19.4. The summed E-state index contributed by atoms with van der Waals surface area (Å²) in [5.74, 6) is -0.405. The lowest BCUT2D eigenvalue weighted by atomic mass is 10.1. The minimum atomic E-state index is -4.48. The Morgan fingerprint density at radius 2 is 1.73 bits per heavy atom. The number of carbonyl (C=O) groups excluding carboxylic acids is 2. The van der Waals surface area contributed by atoms with E-state index in [0.717, 1.165) is 60.4 Å². The van der Waals surface area contributed by atoms with Gasteiger partial charge in [0.2, 0.25) is 0 Å². The van der Waals surface area contributed by atoms with Gasteiger partial charge in [-0.15, -0.1) is 0 Å². The fraction of sp³-hybridized carbons (Fsp3) is 0.286. The molecule has 2 aromatic carbocycles. The number of nitrogens with one attached hydrogen (secondary N) is 2. The molecule has 0 saturated heterocycles. The van der Waals surface area contributed by atoms with Gasteiger partial charge in [0.15, 0.2) is 0 Å². The molecule has 1 heterocycles. The van der Waals surface area contributed by atoms with E-state index in [2.05, 4.69) is 22.8 Å². The molecule has 0 fully saturated rings. The van der Waals surface area contributed by atoms with Crippen LogP contribution in [0.3, 0.4) is 0 Å². The van der Waals surface area contributed by atoms with Crippen LogP contribution in [-0.2, 0) is 23.9 Å². The van der Waals surface area contributed by atoms with Crippen LogP contribution in [0, 0.1) is 0 Å². The summed E-state index contributed by atoms with van der Waals surface area (Å²) in [6.07, 6.45) is -1.85. The lowest BCUT2D eigenvalue weighted by Crippen LogP contribution is -2.43. The van der Waals surface area contributed by atoms with Gasteiger partial charge in [0.05, 0.1) is 16.6 Å². The van der Waals surface area contributed by atoms with E-state index in [4.69, 9.17) is 0 Å². The molecular formula is C21H21F3N4O2. The molecule has 158 valence electrons. The number of benzene rings is 2. The van der Waals surface area contributed by atoms with Gasteiger partial charge in [0.25, 0.3) is 11.8 Å². The molecular weight excluding hydrogens is 397 g/mol. The van der Waals surface area contributed by atoms with Crippen LogP contribution in [0.4, 0.5) is 13.2 Å². The predicted molar refractivity (Wildman–Crippen MR) is 105 cm³/mol. The monoisotopic (exact) mass is 418 g/mol. The molecule has 0 aliphatic rings. The molecule has 3 rings (SSSR count). The summed E-state index contributed by atoms with van der Waals surface area (Å²) in [6, 6.07) is 11.2. The van der Waals surface area contributed by atoms with Crippen LogP contribution in [0.1, 0.15) is 41.5 Å². The first-order valence-corrected chi connectivity index (χ1v) is 9.50. The molecule has 30 heavy (non-hydrogen) atoms. The number of hydrogen-bond acceptors (Lipinski definition) is 3. The molecule has 2 amide bonds. The molecule has 9 heteroatoms. The van der Waals surface area contributed by atoms with Crippen molar-refractivity contribution in [3.63, 3.8) is 0 Å². The largest absolute Gasteiger partial charge is 0.416 e. The summed E-state index contributed by atoms with van der Waals surface area (Å²) in [5, 5.41) is 0. The van der Waals surface area contributed by atoms with Crippen molar-refractivity contribution in [2.24, 2.45) is 0 Å². The van der Waals surface area contributed by atoms with Crippen molar-refractivity contribution in [2.75, 3.05) is 0 Å². The topological polar surface area (TPSA) is 76.0 Å². The summed E-state index contributed by atoms with van der Waals surface area (Å²) < 4.78 is 39.6. The molecule has 0 aliphatic carbocycles. The van der Waals surface area contributed by atoms with Crippen LogP contribution in [-0.4, -0.2) is 21.4 Å². The number of fused-ring (bicyclic) bond motifs is 1. The van der Waals surface area contributed by atoms with E-state index in [1.54, 1.807) is 4.57 Å². The van der Waals surface area contributed by atoms with Gasteiger partial charge in [0, 0.05) is 12.0 Å². The van der Waals surface area contributed by atoms with Crippen molar-refractivity contribution >= 4 is 22.8 Å². The molecule has 0 unspecified atom stereocenters. The SMILES string of the molecule is CCCCc1nc2ccccc2n1CC(=O)NNC(=O)c1ccc(C(F)(F)F)cc1. The van der Waals surface area contributed by atoms with Crippen LogP contribution in [0.15, 0.2) is 48.5 Å². The number of para-hydroxylation sites is 2. The first-order valence-electron chi connectivity index (χ1n) is 9.50. The van der Waals surface area contributed by atoms with Crippen molar-refractivity contribution in [2.45, 2.75) is 38.9 Å². The predicted octanol–water partition coefficient (Wildman–Crippen LogP) is 3.86. The van der Waals surface area contributed by atoms with Crippen LogP contribution in [0.2, 0.25) is 0 Å². The Hall–Kier alpha value is -3.36. The molecule has 0 bridgehead atoms. The number of nitrogens with zero attached hydrogens (tertiary/aromatic N) is 2. The van der Waals surface area contributed by atoms with Crippen molar-refractivity contribution in [1.29, 1.82) is 0 Å². The third-order valence-electron chi connectivity index (χ3n) is 4.58. The highest BCUT2D eigenvalue weighted by Gasteiger charge is 2.30. The number of amides is 2. The summed E-state index contributed by atoms with van der Waals surface area (Å²) in [5.41, 5.74) is 5.27. The molecule has 6 nitrogen and oxygen atoms in total. The van der Waals surface area contributed by atoms with Gasteiger partial charge in [-0.2, -0.15) is 13.2 Å². The number of imidazole rings is 1. The van der Waals surface area contributed by atoms with Crippen molar-refractivity contribution < 1.29 is 22.8 Å². The lowest BCUT2D eigenvalue weighted by Gasteiger charge is -2.11. The maximum Gasteiger partial charge on any atom is 0.416 e. The third-order valence-corrected chi connectivity index (χ3v) is 4.58. The second kappa shape index (κ2) is 8.98. The van der Waals surface area contributed by atoms with Crippen LogP contribution < -0.4 is 10.9 Å². The Kier molecular flexibility index (Phi) is 6.39. The highest BCUT2D eigenvalue weighted by Crippen LogP contribution is 2.29. The summed E-state index contributed by atoms with van der Waals surface area (Å²) >= 11 is 0. The number of halogens is 3. The number of hydrogen-bond donors (Lipinski definition) is 2. The normalized spacial score (nSPS) is 11.5. The first-order chi connectivity index (χ1) is 14.3. The average molecular weight is 418 g/mol. The molecule has 0 spiro atoms. The zero-order valence-electron chi connectivity index (χ0n) is 16.3. The summed E-state index contributed by atoms with van der Waals surface area (Å²) in [7, 11) is 0. The molecule has 2 N–H and O–H groups in total. The van der Waals surface area contributed by atoms with Gasteiger partial charge in [0.1, 0.15) is 12.4 Å². The van der Waals surface area contributed by atoms with E-state index in [1.165, 1.54) is 0 Å². The smallest absolute Gasteiger partial charge is 0.318 e. The number of alkyl halides is 3. The molecule has 3 aromatic rings. The average Bonchev–Trinajstić information content (AvgIpc) is 3.07. The Balaban J connectivity index is 1.65. The molecule has 0 aliphatic heterocycles. The Labute approximate surface area is 171 Å². The number of unbranched alkanes of at least 4 members (excludes halogenated alkanes) is 1. The number of hydrazine groups is 1. The van der Waals surface area contributed by atoms with Crippen molar-refractivity contribution in [3.8, 4) is 0 Å². The second-order valence-electron chi connectivity index (χ2n) is 6.78. The van der Waals surface area contributed by atoms with Crippen molar-refractivity contribution in [1.82, 2.24) is 20.4 Å². The second-order valence-corrected chi connectivity index (χ2v) is 6.78. The summed E-state index contributed by atoms with van der Waals surface area (Å²) in [6.45, 7) is 2.02. The Morgan fingerprint density at radius 1 is 1.03 bits per heavy atom. The molecule has 0 atom stereocenters. The maximum absolute atomic E-state index is 12.6. The maximum atomic E-state index is 12.6. The molecule has 0 saturated carbocycles. The highest BCUT2D eigenvalue weighted by molar-refractivity contribution is 5.95. The van der Waals surface area contributed by atoms with Gasteiger partial charge in [-0.25, -0.2) is 4.98 Å². The van der Waals surface area contributed by atoms with Gasteiger partial charge < -0.3 is 4.57 Å². The first kappa shape index (κ1) is 21.4. The quantitative estimate of drug-likeness (QED) is 0.597. The van der Waals surface area contributed by atoms with E-state index in [0.29, 0.717) is 0 Å².